The van der Waals surface area contributed by atoms with Crippen LogP contribution in [0.25, 0.3) is 11.1 Å². The Kier molecular flexibility index (Phi) is 2.10. The van der Waals surface area contributed by atoms with Gasteiger partial charge in [-0.1, -0.05) is 6.07 Å². The van der Waals surface area contributed by atoms with Crippen LogP contribution in [0, 0.1) is 0 Å². The highest BCUT2D eigenvalue weighted by molar-refractivity contribution is 6.17. The number of hydrogen-bond donors (Lipinski definition) is 0. The second kappa shape index (κ2) is 3.26. The predicted molar refractivity (Wildman–Crippen MR) is 50.1 cm³/mol. The fraction of sp³-hybridized carbons (Fsp3) is 0.222. The average Bonchev–Trinajstić information content (AvgIpc) is 2.58. The molecular weight excluding hydrogens is 190 g/mol. The summed E-state index contributed by atoms with van der Waals surface area (Å²) in [5, 5.41) is 0. The summed E-state index contributed by atoms with van der Waals surface area (Å²) in [5.74, 6) is 0.471. The summed E-state index contributed by atoms with van der Waals surface area (Å²) >= 11 is 5.67. The summed E-state index contributed by atoms with van der Waals surface area (Å²) in [5.41, 5.74) is 2.49. The minimum absolute atomic E-state index is 0.279. The quantitative estimate of drug-likeness (QED) is 0.695. The molecule has 0 atom stereocenters. The first-order valence-corrected chi connectivity index (χ1v) is 4.36. The molecule has 0 aliphatic heterocycles. The molecule has 0 radical (unpaired) electrons. The number of halogens is 1. The minimum atomic E-state index is 0.279. The number of aromatic nitrogens is 1. The molecule has 0 saturated heterocycles. The fourth-order valence-corrected chi connectivity index (χ4v) is 1.28. The molecule has 3 nitrogen and oxygen atoms in total. The molecule has 0 fully saturated rings. The normalized spacial score (nSPS) is 10.6. The number of oxazole rings is 1. The first-order valence-electron chi connectivity index (χ1n) is 3.83. The van der Waals surface area contributed by atoms with Crippen molar-refractivity contribution in [1.29, 1.82) is 0 Å². The molecule has 68 valence electrons. The molecule has 0 unspecified atom stereocenters. The molecule has 4 heteroatoms. The van der Waals surface area contributed by atoms with Crippen molar-refractivity contribution in [1.82, 2.24) is 4.98 Å². The fourth-order valence-electron chi connectivity index (χ4n) is 1.12. The van der Waals surface area contributed by atoms with E-state index in [1.807, 2.05) is 18.2 Å². The third kappa shape index (κ3) is 1.47. The van der Waals surface area contributed by atoms with Crippen LogP contribution in [-0.2, 0) is 5.88 Å². The van der Waals surface area contributed by atoms with Crippen LogP contribution in [0.15, 0.2) is 22.6 Å². The maximum Gasteiger partial charge on any atom is 0.394 e. The SMILES string of the molecule is COc1nc2ccc(CCl)cc2o1. The number of ether oxygens (including phenoxy) is 1. The number of methoxy groups -OCH3 is 1. The summed E-state index contributed by atoms with van der Waals surface area (Å²) in [7, 11) is 1.52. The molecule has 2 rings (SSSR count). The van der Waals surface area contributed by atoms with Crippen LogP contribution in [0.3, 0.4) is 0 Å². The maximum absolute atomic E-state index is 5.67. The van der Waals surface area contributed by atoms with Crippen LogP contribution in [0.5, 0.6) is 6.08 Å². The van der Waals surface area contributed by atoms with Gasteiger partial charge in [-0.25, -0.2) is 0 Å². The Balaban J connectivity index is 2.57. The zero-order valence-electron chi connectivity index (χ0n) is 7.08. The smallest absolute Gasteiger partial charge is 0.394 e. The number of alkyl halides is 1. The highest BCUT2D eigenvalue weighted by Gasteiger charge is 2.05. The van der Waals surface area contributed by atoms with E-state index in [1.54, 1.807) is 0 Å². The Labute approximate surface area is 80.3 Å². The Bertz CT molecular complexity index is 422. The van der Waals surface area contributed by atoms with E-state index in [4.69, 9.17) is 20.8 Å². The van der Waals surface area contributed by atoms with Gasteiger partial charge < -0.3 is 9.15 Å². The van der Waals surface area contributed by atoms with Crippen molar-refractivity contribution in [2.75, 3.05) is 7.11 Å². The highest BCUT2D eigenvalue weighted by Crippen LogP contribution is 2.21. The average molecular weight is 198 g/mol. The Morgan fingerprint density at radius 2 is 2.38 bits per heavy atom. The summed E-state index contributed by atoms with van der Waals surface area (Å²) in [6, 6.07) is 5.63. The number of benzene rings is 1. The minimum Gasteiger partial charge on any atom is -0.453 e. The first kappa shape index (κ1) is 8.38. The van der Waals surface area contributed by atoms with E-state index < -0.39 is 0 Å². The summed E-state index contributed by atoms with van der Waals surface area (Å²) in [6.45, 7) is 0. The van der Waals surface area contributed by atoms with E-state index >= 15 is 0 Å². The van der Waals surface area contributed by atoms with Crippen molar-refractivity contribution in [3.05, 3.63) is 23.8 Å². The molecule has 0 aliphatic rings. The van der Waals surface area contributed by atoms with Crippen LogP contribution in [0.2, 0.25) is 0 Å². The summed E-state index contributed by atoms with van der Waals surface area (Å²) < 4.78 is 10.1. The van der Waals surface area contributed by atoms with Gasteiger partial charge in [-0.3, -0.25) is 0 Å². The molecule has 0 aliphatic carbocycles. The lowest BCUT2D eigenvalue weighted by Crippen LogP contribution is -1.79. The molecule has 1 heterocycles. The summed E-state index contributed by atoms with van der Waals surface area (Å²) in [6.07, 6.45) is 0.279. The molecule has 1 aromatic carbocycles. The summed E-state index contributed by atoms with van der Waals surface area (Å²) in [4.78, 5) is 4.07. The monoisotopic (exact) mass is 197 g/mol. The van der Waals surface area contributed by atoms with Gasteiger partial charge in [0, 0.05) is 5.88 Å². The van der Waals surface area contributed by atoms with Crippen molar-refractivity contribution >= 4 is 22.7 Å². The van der Waals surface area contributed by atoms with Gasteiger partial charge in [0.25, 0.3) is 0 Å². The van der Waals surface area contributed by atoms with Crippen LogP contribution in [0.4, 0.5) is 0 Å². The topological polar surface area (TPSA) is 35.3 Å². The zero-order chi connectivity index (χ0) is 9.26. The van der Waals surface area contributed by atoms with E-state index in [-0.39, 0.29) is 6.08 Å². The van der Waals surface area contributed by atoms with E-state index in [2.05, 4.69) is 4.98 Å². The van der Waals surface area contributed by atoms with Gasteiger partial charge in [0.2, 0.25) is 0 Å². The maximum atomic E-state index is 5.67. The van der Waals surface area contributed by atoms with Crippen molar-refractivity contribution in [3.8, 4) is 6.08 Å². The third-order valence-electron chi connectivity index (χ3n) is 1.76. The van der Waals surface area contributed by atoms with E-state index in [1.165, 1.54) is 7.11 Å². The molecule has 0 N–H and O–H groups in total. The van der Waals surface area contributed by atoms with Crippen LogP contribution in [0.1, 0.15) is 5.56 Å². The lowest BCUT2D eigenvalue weighted by atomic mass is 10.2. The molecule has 1 aromatic heterocycles. The van der Waals surface area contributed by atoms with Crippen molar-refractivity contribution in [2.24, 2.45) is 0 Å². The lowest BCUT2D eigenvalue weighted by Gasteiger charge is -1.91. The third-order valence-corrected chi connectivity index (χ3v) is 2.07. The molecular formula is C9H8ClNO2. The molecule has 2 aromatic rings. The zero-order valence-corrected chi connectivity index (χ0v) is 7.84. The van der Waals surface area contributed by atoms with Crippen LogP contribution < -0.4 is 4.74 Å². The van der Waals surface area contributed by atoms with Crippen molar-refractivity contribution in [2.45, 2.75) is 5.88 Å². The first-order chi connectivity index (χ1) is 6.33. The van der Waals surface area contributed by atoms with Gasteiger partial charge in [0.15, 0.2) is 5.58 Å². The molecule has 0 saturated carbocycles. The second-order valence-corrected chi connectivity index (χ2v) is 2.89. The highest BCUT2D eigenvalue weighted by atomic mass is 35.5. The largest absolute Gasteiger partial charge is 0.453 e. The number of fused-ring (bicyclic) bond motifs is 1. The van der Waals surface area contributed by atoms with Gasteiger partial charge in [0.05, 0.1) is 7.11 Å². The van der Waals surface area contributed by atoms with E-state index in [9.17, 15) is 0 Å². The number of rotatable bonds is 2. The van der Waals surface area contributed by atoms with Gasteiger partial charge in [-0.15, -0.1) is 11.6 Å². The Morgan fingerprint density at radius 1 is 1.54 bits per heavy atom. The Morgan fingerprint density at radius 3 is 3.08 bits per heavy atom. The number of nitrogens with zero attached hydrogens (tertiary/aromatic N) is 1. The lowest BCUT2D eigenvalue weighted by molar-refractivity contribution is 0.299. The van der Waals surface area contributed by atoms with Crippen molar-refractivity contribution in [3.63, 3.8) is 0 Å². The van der Waals surface area contributed by atoms with Crippen LogP contribution >= 0.6 is 11.6 Å². The van der Waals surface area contributed by atoms with Crippen molar-refractivity contribution < 1.29 is 9.15 Å². The number of hydrogen-bond acceptors (Lipinski definition) is 3. The molecule has 13 heavy (non-hydrogen) atoms. The molecule has 0 amide bonds. The van der Waals surface area contributed by atoms with Gasteiger partial charge in [-0.05, 0) is 17.7 Å². The van der Waals surface area contributed by atoms with Gasteiger partial charge >= 0.3 is 6.08 Å². The molecule has 0 spiro atoms. The van der Waals surface area contributed by atoms with E-state index in [0.29, 0.717) is 11.5 Å². The van der Waals surface area contributed by atoms with E-state index in [0.717, 1.165) is 11.1 Å². The molecule has 0 bridgehead atoms. The van der Waals surface area contributed by atoms with Gasteiger partial charge in [0.1, 0.15) is 5.52 Å². The van der Waals surface area contributed by atoms with Gasteiger partial charge in [-0.2, -0.15) is 4.98 Å². The standard InChI is InChI=1S/C9H8ClNO2/c1-12-9-11-7-3-2-6(5-10)4-8(7)13-9/h2-4H,5H2,1H3. The Hall–Kier alpha value is -1.22. The van der Waals surface area contributed by atoms with Crippen LogP contribution in [-0.4, -0.2) is 12.1 Å². The predicted octanol–water partition coefficient (Wildman–Crippen LogP) is 2.58. The second-order valence-electron chi connectivity index (χ2n) is 2.62.